The molecule has 0 fully saturated rings. The molecule has 0 aliphatic rings. The zero-order chi connectivity index (χ0) is 14.3. The molecule has 0 spiro atoms. The molecular formula is C14H20N2O3. The summed E-state index contributed by atoms with van der Waals surface area (Å²) in [5.41, 5.74) is 0.549. The van der Waals surface area contributed by atoms with Gasteiger partial charge >= 0.3 is 12.0 Å². The molecule has 2 atom stereocenters. The van der Waals surface area contributed by atoms with Gasteiger partial charge in [0.05, 0.1) is 0 Å². The number of hydrogen-bond donors (Lipinski definition) is 3. The molecule has 0 aromatic heterocycles. The Hall–Kier alpha value is -2.04. The minimum Gasteiger partial charge on any atom is -0.479 e. The zero-order valence-corrected chi connectivity index (χ0v) is 11.2. The third-order valence-electron chi connectivity index (χ3n) is 2.75. The van der Waals surface area contributed by atoms with Crippen molar-refractivity contribution in [3.63, 3.8) is 0 Å². The van der Waals surface area contributed by atoms with Crippen molar-refractivity contribution >= 4 is 12.0 Å². The quantitative estimate of drug-likeness (QED) is 0.737. The number of benzene rings is 1. The second-order valence-electron chi connectivity index (χ2n) is 4.49. The van der Waals surface area contributed by atoms with Gasteiger partial charge in [-0.05, 0) is 18.9 Å². The maximum Gasteiger partial charge on any atom is 0.330 e. The highest BCUT2D eigenvalue weighted by molar-refractivity contribution is 5.83. The van der Waals surface area contributed by atoms with Crippen LogP contribution in [-0.4, -0.2) is 23.1 Å². The van der Waals surface area contributed by atoms with Crippen molar-refractivity contribution in [1.82, 2.24) is 10.6 Å². The maximum atomic E-state index is 11.7. The van der Waals surface area contributed by atoms with E-state index in [0.29, 0.717) is 5.56 Å². The summed E-state index contributed by atoms with van der Waals surface area (Å²) >= 11 is 0. The Labute approximate surface area is 113 Å². The van der Waals surface area contributed by atoms with E-state index in [9.17, 15) is 14.7 Å². The molecule has 0 radical (unpaired) electrons. The van der Waals surface area contributed by atoms with E-state index in [0.717, 1.165) is 12.8 Å². The van der Waals surface area contributed by atoms with Crippen molar-refractivity contribution in [3.05, 3.63) is 35.9 Å². The molecule has 1 unspecified atom stereocenters. The molecule has 0 aliphatic heterocycles. The highest BCUT2D eigenvalue weighted by Crippen LogP contribution is 2.12. The molecule has 5 nitrogen and oxygen atoms in total. The van der Waals surface area contributed by atoms with Gasteiger partial charge in [0, 0.05) is 6.04 Å². The molecule has 0 aliphatic carbocycles. The van der Waals surface area contributed by atoms with Gasteiger partial charge in [-0.3, -0.25) is 0 Å². The van der Waals surface area contributed by atoms with Crippen LogP contribution in [0.3, 0.4) is 0 Å². The second-order valence-corrected chi connectivity index (χ2v) is 4.49. The first-order valence-corrected chi connectivity index (χ1v) is 6.39. The molecule has 1 aromatic carbocycles. The minimum absolute atomic E-state index is 0.0234. The second kappa shape index (κ2) is 7.41. The van der Waals surface area contributed by atoms with Crippen molar-refractivity contribution in [2.24, 2.45) is 0 Å². The van der Waals surface area contributed by atoms with Gasteiger partial charge in [0.25, 0.3) is 0 Å². The Morgan fingerprint density at radius 1 is 1.21 bits per heavy atom. The summed E-state index contributed by atoms with van der Waals surface area (Å²) in [6, 6.07) is 7.16. The SMILES string of the molecule is CCCC(C)NC(=O)N[C@@H](C(=O)O)c1ccccc1. The molecule has 2 amide bonds. The summed E-state index contributed by atoms with van der Waals surface area (Å²) in [5.74, 6) is -1.08. The van der Waals surface area contributed by atoms with Crippen LogP contribution >= 0.6 is 0 Å². The lowest BCUT2D eigenvalue weighted by atomic mass is 10.1. The molecule has 0 saturated heterocycles. The van der Waals surface area contributed by atoms with E-state index < -0.39 is 18.0 Å². The summed E-state index contributed by atoms with van der Waals surface area (Å²) in [7, 11) is 0. The van der Waals surface area contributed by atoms with Crippen LogP contribution in [0.15, 0.2) is 30.3 Å². The number of carboxylic acids is 1. The number of urea groups is 1. The van der Waals surface area contributed by atoms with Crippen LogP contribution in [0.2, 0.25) is 0 Å². The summed E-state index contributed by atoms with van der Waals surface area (Å²) in [4.78, 5) is 22.9. The van der Waals surface area contributed by atoms with Crippen molar-refractivity contribution in [2.75, 3.05) is 0 Å². The van der Waals surface area contributed by atoms with E-state index in [-0.39, 0.29) is 6.04 Å². The first kappa shape index (κ1) is 15.0. The number of nitrogens with one attached hydrogen (secondary N) is 2. The largest absolute Gasteiger partial charge is 0.479 e. The highest BCUT2D eigenvalue weighted by atomic mass is 16.4. The molecule has 1 rings (SSSR count). The van der Waals surface area contributed by atoms with Crippen molar-refractivity contribution < 1.29 is 14.7 Å². The predicted molar refractivity (Wildman–Crippen MR) is 72.9 cm³/mol. The fourth-order valence-electron chi connectivity index (χ4n) is 1.83. The molecule has 5 heteroatoms. The Bertz CT molecular complexity index is 420. The molecule has 0 heterocycles. The van der Waals surface area contributed by atoms with Gasteiger partial charge in [-0.1, -0.05) is 43.7 Å². The van der Waals surface area contributed by atoms with Crippen LogP contribution in [0, 0.1) is 0 Å². The Kier molecular flexibility index (Phi) is 5.85. The summed E-state index contributed by atoms with van der Waals surface area (Å²) in [5, 5.41) is 14.4. The summed E-state index contributed by atoms with van der Waals surface area (Å²) in [6.07, 6.45) is 1.82. The van der Waals surface area contributed by atoms with Crippen LogP contribution in [-0.2, 0) is 4.79 Å². The number of amides is 2. The lowest BCUT2D eigenvalue weighted by Crippen LogP contribution is -2.44. The van der Waals surface area contributed by atoms with Crippen LogP contribution in [0.1, 0.15) is 38.3 Å². The van der Waals surface area contributed by atoms with Gasteiger partial charge in [-0.15, -0.1) is 0 Å². The first-order chi connectivity index (χ1) is 9.04. The van der Waals surface area contributed by atoms with Crippen molar-refractivity contribution in [1.29, 1.82) is 0 Å². The van der Waals surface area contributed by atoms with E-state index in [1.807, 2.05) is 13.8 Å². The molecular weight excluding hydrogens is 244 g/mol. The first-order valence-electron chi connectivity index (χ1n) is 6.39. The number of aliphatic carboxylic acids is 1. The molecule has 0 saturated carbocycles. The topological polar surface area (TPSA) is 78.4 Å². The molecule has 104 valence electrons. The number of hydrogen-bond acceptors (Lipinski definition) is 2. The van der Waals surface area contributed by atoms with E-state index in [2.05, 4.69) is 10.6 Å². The van der Waals surface area contributed by atoms with Crippen LogP contribution in [0.5, 0.6) is 0 Å². The van der Waals surface area contributed by atoms with E-state index in [4.69, 9.17) is 0 Å². The molecule has 0 bridgehead atoms. The van der Waals surface area contributed by atoms with Gasteiger partial charge in [0.2, 0.25) is 0 Å². The van der Waals surface area contributed by atoms with E-state index >= 15 is 0 Å². The lowest BCUT2D eigenvalue weighted by Gasteiger charge is -2.18. The molecule has 1 aromatic rings. The Morgan fingerprint density at radius 3 is 2.37 bits per heavy atom. The van der Waals surface area contributed by atoms with Crippen molar-refractivity contribution in [2.45, 2.75) is 38.8 Å². The summed E-state index contributed by atoms with van der Waals surface area (Å²) in [6.45, 7) is 3.92. The van der Waals surface area contributed by atoms with E-state index in [1.165, 1.54) is 0 Å². The average molecular weight is 264 g/mol. The third-order valence-corrected chi connectivity index (χ3v) is 2.75. The third kappa shape index (κ3) is 4.99. The van der Waals surface area contributed by atoms with E-state index in [1.54, 1.807) is 30.3 Å². The van der Waals surface area contributed by atoms with Gasteiger partial charge < -0.3 is 15.7 Å². The Balaban J connectivity index is 2.65. The number of carboxylic acid groups (broad SMARTS) is 1. The monoisotopic (exact) mass is 264 g/mol. The highest BCUT2D eigenvalue weighted by Gasteiger charge is 2.22. The zero-order valence-electron chi connectivity index (χ0n) is 11.2. The van der Waals surface area contributed by atoms with Gasteiger partial charge in [-0.25, -0.2) is 9.59 Å². The fourth-order valence-corrected chi connectivity index (χ4v) is 1.83. The van der Waals surface area contributed by atoms with Gasteiger partial charge in [-0.2, -0.15) is 0 Å². The number of carbonyl (C=O) groups is 2. The average Bonchev–Trinajstić information content (AvgIpc) is 2.37. The summed E-state index contributed by atoms with van der Waals surface area (Å²) < 4.78 is 0. The fraction of sp³-hybridized carbons (Fsp3) is 0.429. The predicted octanol–water partition coefficient (Wildman–Crippen LogP) is 2.30. The normalized spacial score (nSPS) is 13.4. The smallest absolute Gasteiger partial charge is 0.330 e. The lowest BCUT2D eigenvalue weighted by molar-refractivity contribution is -0.139. The number of rotatable bonds is 6. The maximum absolute atomic E-state index is 11.7. The molecule has 19 heavy (non-hydrogen) atoms. The standard InChI is InChI=1S/C14H20N2O3/c1-3-7-10(2)15-14(19)16-12(13(17)18)11-8-5-4-6-9-11/h4-6,8-10,12H,3,7H2,1-2H3,(H,17,18)(H2,15,16,19)/t10?,12-/m1/s1. The van der Waals surface area contributed by atoms with Crippen LogP contribution in [0.25, 0.3) is 0 Å². The van der Waals surface area contributed by atoms with Crippen LogP contribution in [0.4, 0.5) is 4.79 Å². The van der Waals surface area contributed by atoms with Gasteiger partial charge in [0.1, 0.15) is 0 Å². The van der Waals surface area contributed by atoms with Gasteiger partial charge in [0.15, 0.2) is 6.04 Å². The van der Waals surface area contributed by atoms with Crippen molar-refractivity contribution in [3.8, 4) is 0 Å². The Morgan fingerprint density at radius 2 is 1.84 bits per heavy atom. The number of carbonyl (C=O) groups excluding carboxylic acids is 1. The minimum atomic E-state index is -1.08. The van der Waals surface area contributed by atoms with Crippen LogP contribution < -0.4 is 10.6 Å². The molecule has 3 N–H and O–H groups in total.